The lowest BCUT2D eigenvalue weighted by atomic mass is 9.89. The molecule has 3 aromatic carbocycles. The Bertz CT molecular complexity index is 1360. The number of rotatable bonds is 7. The highest BCUT2D eigenvalue weighted by atomic mass is 19.1. The molecule has 0 spiro atoms. The van der Waals surface area contributed by atoms with Crippen molar-refractivity contribution in [3.8, 4) is 11.8 Å². The number of benzene rings is 3. The standard InChI is InChI=1S/C30H25FN2O2/c1-20-16-24(17-25(18-32)30(34)33-28-11-7-6-10-27(28)31)21(2)29(20)23-12-14-26(15-13-23)35-19-22-8-4-3-5-9-22/h3-17,29H,19H2,1-2H3,(H,33,34)/b25-17-/t29-/m1/s1. The topological polar surface area (TPSA) is 62.1 Å². The largest absolute Gasteiger partial charge is 0.489 e. The van der Waals surface area contributed by atoms with E-state index in [1.807, 2.05) is 80.6 Å². The minimum absolute atomic E-state index is 0.0370. The van der Waals surface area contributed by atoms with Gasteiger partial charge in [-0.05, 0) is 60.9 Å². The number of ether oxygens (including phenoxy) is 1. The zero-order valence-corrected chi connectivity index (χ0v) is 19.6. The molecule has 0 bridgehead atoms. The maximum Gasteiger partial charge on any atom is 0.266 e. The first-order valence-electron chi connectivity index (χ1n) is 11.3. The maximum atomic E-state index is 13.9. The Labute approximate surface area is 204 Å². The zero-order valence-electron chi connectivity index (χ0n) is 19.6. The Morgan fingerprint density at radius 1 is 1.03 bits per heavy atom. The van der Waals surface area contributed by atoms with Gasteiger partial charge in [0.2, 0.25) is 0 Å². The van der Waals surface area contributed by atoms with E-state index in [-0.39, 0.29) is 17.2 Å². The van der Waals surface area contributed by atoms with E-state index in [4.69, 9.17) is 4.74 Å². The number of hydrogen-bond donors (Lipinski definition) is 1. The van der Waals surface area contributed by atoms with Crippen molar-refractivity contribution in [1.82, 2.24) is 0 Å². The van der Waals surface area contributed by atoms with Gasteiger partial charge < -0.3 is 10.1 Å². The van der Waals surface area contributed by atoms with Gasteiger partial charge in [-0.3, -0.25) is 4.79 Å². The summed E-state index contributed by atoms with van der Waals surface area (Å²) in [4.78, 5) is 12.6. The van der Waals surface area contributed by atoms with E-state index in [0.717, 1.165) is 33.6 Å². The van der Waals surface area contributed by atoms with Crippen LogP contribution in [0.1, 0.15) is 30.9 Å². The average molecular weight is 465 g/mol. The Morgan fingerprint density at radius 2 is 1.71 bits per heavy atom. The van der Waals surface area contributed by atoms with Crippen LogP contribution < -0.4 is 10.1 Å². The maximum absolute atomic E-state index is 13.9. The number of carbonyl (C=O) groups is 1. The fourth-order valence-corrected chi connectivity index (χ4v) is 4.17. The molecular weight excluding hydrogens is 439 g/mol. The lowest BCUT2D eigenvalue weighted by Gasteiger charge is -2.16. The first-order chi connectivity index (χ1) is 17.0. The van der Waals surface area contributed by atoms with Crippen LogP contribution in [0.5, 0.6) is 5.75 Å². The van der Waals surface area contributed by atoms with Crippen molar-refractivity contribution in [1.29, 1.82) is 5.26 Å². The molecule has 0 unspecified atom stereocenters. The highest BCUT2D eigenvalue weighted by Gasteiger charge is 2.24. The SMILES string of the molecule is CC1=CC(/C=C(/C#N)C(=O)Nc2ccccc2F)=C(C)[C@@H]1c1ccc(OCc2ccccc2)cc1. The van der Waals surface area contributed by atoms with E-state index < -0.39 is 11.7 Å². The summed E-state index contributed by atoms with van der Waals surface area (Å²) in [6, 6.07) is 25.8. The van der Waals surface area contributed by atoms with Crippen LogP contribution in [0, 0.1) is 17.1 Å². The van der Waals surface area contributed by atoms with Crippen molar-refractivity contribution in [2.75, 3.05) is 5.32 Å². The number of nitrogens with zero attached hydrogens (tertiary/aromatic N) is 1. The van der Waals surface area contributed by atoms with Gasteiger partial charge in [-0.15, -0.1) is 0 Å². The highest BCUT2D eigenvalue weighted by molar-refractivity contribution is 6.07. The number of halogens is 1. The molecule has 174 valence electrons. The monoisotopic (exact) mass is 464 g/mol. The van der Waals surface area contributed by atoms with Gasteiger partial charge in [0.05, 0.1) is 5.69 Å². The van der Waals surface area contributed by atoms with Crippen LogP contribution >= 0.6 is 0 Å². The van der Waals surface area contributed by atoms with Crippen LogP contribution in [0.3, 0.4) is 0 Å². The molecule has 0 aliphatic heterocycles. The molecule has 0 aromatic heterocycles. The third kappa shape index (κ3) is 5.56. The molecular formula is C30H25FN2O2. The summed E-state index contributed by atoms with van der Waals surface area (Å²) in [5.41, 5.74) is 5.10. The second-order valence-electron chi connectivity index (χ2n) is 8.41. The summed E-state index contributed by atoms with van der Waals surface area (Å²) < 4.78 is 19.8. The van der Waals surface area contributed by atoms with Crippen LogP contribution in [-0.4, -0.2) is 5.91 Å². The molecule has 0 heterocycles. The van der Waals surface area contributed by atoms with Crippen LogP contribution in [0.15, 0.2) is 113 Å². The molecule has 0 saturated heterocycles. The molecule has 0 radical (unpaired) electrons. The molecule has 5 heteroatoms. The third-order valence-electron chi connectivity index (χ3n) is 5.98. The van der Waals surface area contributed by atoms with E-state index in [1.54, 1.807) is 12.1 Å². The fourth-order valence-electron chi connectivity index (χ4n) is 4.17. The predicted octanol–water partition coefficient (Wildman–Crippen LogP) is 6.85. The summed E-state index contributed by atoms with van der Waals surface area (Å²) in [5, 5.41) is 12.0. The second kappa shape index (κ2) is 10.7. The van der Waals surface area contributed by atoms with E-state index in [1.165, 1.54) is 18.2 Å². The summed E-state index contributed by atoms with van der Waals surface area (Å²) >= 11 is 0. The average Bonchev–Trinajstić information content (AvgIpc) is 3.16. The number of allylic oxidation sites excluding steroid dienone is 5. The molecule has 1 N–H and O–H groups in total. The Kier molecular flexibility index (Phi) is 7.23. The molecule has 4 rings (SSSR count). The lowest BCUT2D eigenvalue weighted by Crippen LogP contribution is -2.14. The quantitative estimate of drug-likeness (QED) is 0.307. The van der Waals surface area contributed by atoms with Crippen molar-refractivity contribution < 1.29 is 13.9 Å². The predicted molar refractivity (Wildman–Crippen MR) is 135 cm³/mol. The van der Waals surface area contributed by atoms with Gasteiger partial charge in [0.1, 0.15) is 29.8 Å². The molecule has 4 nitrogen and oxygen atoms in total. The number of nitrogens with one attached hydrogen (secondary N) is 1. The second-order valence-corrected chi connectivity index (χ2v) is 8.41. The van der Waals surface area contributed by atoms with Crippen molar-refractivity contribution in [3.05, 3.63) is 130 Å². The zero-order chi connectivity index (χ0) is 24.8. The van der Waals surface area contributed by atoms with Gasteiger partial charge in [0, 0.05) is 5.92 Å². The van der Waals surface area contributed by atoms with Gasteiger partial charge >= 0.3 is 0 Å². The van der Waals surface area contributed by atoms with Gasteiger partial charge in [-0.1, -0.05) is 71.8 Å². The summed E-state index contributed by atoms with van der Waals surface area (Å²) in [6.07, 6.45) is 3.54. The minimum Gasteiger partial charge on any atom is -0.489 e. The molecule has 35 heavy (non-hydrogen) atoms. The molecule has 0 saturated carbocycles. The molecule has 1 aliphatic carbocycles. The lowest BCUT2D eigenvalue weighted by molar-refractivity contribution is -0.112. The smallest absolute Gasteiger partial charge is 0.266 e. The Balaban J connectivity index is 1.50. The van der Waals surface area contributed by atoms with Gasteiger partial charge in [0.25, 0.3) is 5.91 Å². The van der Waals surface area contributed by atoms with Crippen molar-refractivity contribution in [3.63, 3.8) is 0 Å². The minimum atomic E-state index is -0.646. The van der Waals surface area contributed by atoms with E-state index in [9.17, 15) is 14.4 Å². The van der Waals surface area contributed by atoms with Crippen molar-refractivity contribution >= 4 is 11.6 Å². The van der Waals surface area contributed by atoms with Crippen LogP contribution in [-0.2, 0) is 11.4 Å². The van der Waals surface area contributed by atoms with E-state index >= 15 is 0 Å². The van der Waals surface area contributed by atoms with Crippen LogP contribution in [0.25, 0.3) is 0 Å². The number of anilines is 1. The fraction of sp³-hybridized carbons (Fsp3) is 0.133. The van der Waals surface area contributed by atoms with E-state index in [0.29, 0.717) is 6.61 Å². The third-order valence-corrected chi connectivity index (χ3v) is 5.98. The molecule has 1 aliphatic rings. The molecule has 1 amide bonds. The van der Waals surface area contributed by atoms with Gasteiger partial charge in [0.15, 0.2) is 0 Å². The number of hydrogen-bond acceptors (Lipinski definition) is 3. The van der Waals surface area contributed by atoms with Crippen LogP contribution in [0.2, 0.25) is 0 Å². The van der Waals surface area contributed by atoms with E-state index in [2.05, 4.69) is 5.32 Å². The van der Waals surface area contributed by atoms with Gasteiger partial charge in [-0.25, -0.2) is 4.39 Å². The number of carbonyl (C=O) groups excluding carboxylic acids is 1. The first-order valence-corrected chi connectivity index (χ1v) is 11.3. The number of para-hydroxylation sites is 1. The van der Waals surface area contributed by atoms with Crippen molar-refractivity contribution in [2.24, 2.45) is 0 Å². The Hall–Kier alpha value is -4.43. The summed E-state index contributed by atoms with van der Waals surface area (Å²) in [5.74, 6) is -0.372. The Morgan fingerprint density at radius 3 is 2.40 bits per heavy atom. The molecule has 1 atom stereocenters. The summed E-state index contributed by atoms with van der Waals surface area (Å²) in [7, 11) is 0. The molecule has 0 fully saturated rings. The number of nitriles is 1. The number of amides is 1. The first kappa shape index (κ1) is 23.7. The molecule has 3 aromatic rings. The highest BCUT2D eigenvalue weighted by Crippen LogP contribution is 2.40. The van der Waals surface area contributed by atoms with Crippen molar-refractivity contribution in [2.45, 2.75) is 26.4 Å². The van der Waals surface area contributed by atoms with Crippen LogP contribution in [0.4, 0.5) is 10.1 Å². The normalized spacial score (nSPS) is 15.4. The van der Waals surface area contributed by atoms with Gasteiger partial charge in [-0.2, -0.15) is 5.26 Å². The summed E-state index contributed by atoms with van der Waals surface area (Å²) in [6.45, 7) is 4.52.